The van der Waals surface area contributed by atoms with Crippen LogP contribution in [0, 0.1) is 0 Å². The van der Waals surface area contributed by atoms with Crippen molar-refractivity contribution in [3.05, 3.63) is 24.3 Å². The molecule has 0 aromatic heterocycles. The van der Waals surface area contributed by atoms with Gasteiger partial charge in [-0.2, -0.15) is 0 Å². The maximum atomic E-state index is 13.1. The highest BCUT2D eigenvalue weighted by atomic mass is 16.5. The first-order valence-corrected chi connectivity index (χ1v) is 26.1. The molecule has 3 unspecified atom stereocenters. The van der Waals surface area contributed by atoms with E-state index in [0.717, 1.165) is 70.6 Å². The van der Waals surface area contributed by atoms with E-state index in [4.69, 9.17) is 4.74 Å². The van der Waals surface area contributed by atoms with Gasteiger partial charge in [0, 0.05) is 6.42 Å². The lowest BCUT2D eigenvalue weighted by atomic mass is 10.0. The van der Waals surface area contributed by atoms with E-state index in [1.165, 1.54) is 161 Å². The summed E-state index contributed by atoms with van der Waals surface area (Å²) >= 11 is 0. The number of carbonyl (C=O) groups is 2. The molecule has 0 saturated heterocycles. The molecule has 0 aromatic carbocycles. The van der Waals surface area contributed by atoms with E-state index in [-0.39, 0.29) is 24.9 Å². The smallest absolute Gasteiger partial charge is 0.306 e. The predicted octanol–water partition coefficient (Wildman–Crippen LogP) is 15.5. The summed E-state index contributed by atoms with van der Waals surface area (Å²) in [5.74, 6) is -0.485. The van der Waals surface area contributed by atoms with Gasteiger partial charge in [-0.1, -0.05) is 218 Å². The van der Waals surface area contributed by atoms with E-state index < -0.39 is 18.2 Å². The number of hydrogen-bond acceptors (Lipinski definition) is 5. The van der Waals surface area contributed by atoms with Gasteiger partial charge in [-0.3, -0.25) is 9.59 Å². The number of allylic oxidation sites excluding steroid dienone is 4. The standard InChI is InChI=1S/C53H101NO5/c1-4-7-10-13-16-19-21-23-24-25-26-27-28-30-32-34-37-40-43-46-53(58)59-49(44-41-38-35-18-15-12-9-6-3)47-52(57)54-50(48-55)51(56)45-42-39-36-33-31-29-22-20-17-14-11-8-5-2/h12,15,23-24,49-51,55-56H,4-11,13-14,16-22,25-48H2,1-3H3,(H,54,57)/b15-12-,24-23+. The van der Waals surface area contributed by atoms with Gasteiger partial charge in [0.1, 0.15) is 6.10 Å². The monoisotopic (exact) mass is 832 g/mol. The van der Waals surface area contributed by atoms with Crippen LogP contribution in [0.2, 0.25) is 0 Å². The maximum Gasteiger partial charge on any atom is 0.306 e. The van der Waals surface area contributed by atoms with Crippen LogP contribution in [0.25, 0.3) is 0 Å². The third-order valence-electron chi connectivity index (χ3n) is 12.0. The molecule has 0 bridgehead atoms. The molecule has 3 N–H and O–H groups in total. The third-order valence-corrected chi connectivity index (χ3v) is 12.0. The molecule has 6 heteroatoms. The summed E-state index contributed by atoms with van der Waals surface area (Å²) in [7, 11) is 0. The molecular weight excluding hydrogens is 731 g/mol. The molecule has 0 fully saturated rings. The van der Waals surface area contributed by atoms with Gasteiger partial charge in [0.15, 0.2) is 0 Å². The number of amides is 1. The SMILES string of the molecule is CCC/C=C\CCCCCC(CC(=O)NC(CO)C(O)CCCCCCCCCCCCCCC)OC(=O)CCCCCCCCCCC/C=C/CCCCCCCC. The van der Waals surface area contributed by atoms with E-state index in [9.17, 15) is 19.8 Å². The number of unbranched alkanes of at least 4 members (excludes halogenated alkanes) is 31. The summed E-state index contributed by atoms with van der Waals surface area (Å²) in [4.78, 5) is 26.0. The van der Waals surface area contributed by atoms with Crippen LogP contribution >= 0.6 is 0 Å². The number of carbonyl (C=O) groups excluding carboxylic acids is 2. The molecule has 59 heavy (non-hydrogen) atoms. The number of rotatable bonds is 47. The van der Waals surface area contributed by atoms with Crippen LogP contribution in [0.3, 0.4) is 0 Å². The number of ether oxygens (including phenoxy) is 1. The number of nitrogens with one attached hydrogen (secondary N) is 1. The Morgan fingerprint density at radius 2 is 0.847 bits per heavy atom. The lowest BCUT2D eigenvalue weighted by Gasteiger charge is -2.24. The van der Waals surface area contributed by atoms with Crippen LogP contribution in [-0.4, -0.2) is 46.9 Å². The summed E-state index contributed by atoms with van der Waals surface area (Å²) in [6.45, 7) is 6.42. The summed E-state index contributed by atoms with van der Waals surface area (Å²) < 4.78 is 5.90. The number of aliphatic hydroxyl groups is 2. The molecule has 0 rings (SSSR count). The Balaban J connectivity index is 4.36. The largest absolute Gasteiger partial charge is 0.462 e. The number of esters is 1. The van der Waals surface area contributed by atoms with Gasteiger partial charge < -0.3 is 20.3 Å². The zero-order valence-corrected chi connectivity index (χ0v) is 39.7. The van der Waals surface area contributed by atoms with Crippen molar-refractivity contribution in [2.45, 2.75) is 296 Å². The van der Waals surface area contributed by atoms with Crippen molar-refractivity contribution < 1.29 is 24.5 Å². The van der Waals surface area contributed by atoms with Gasteiger partial charge in [0.2, 0.25) is 5.91 Å². The van der Waals surface area contributed by atoms with Crippen LogP contribution in [0.5, 0.6) is 0 Å². The lowest BCUT2D eigenvalue weighted by Crippen LogP contribution is -2.46. The molecule has 0 spiro atoms. The van der Waals surface area contributed by atoms with Gasteiger partial charge in [0.05, 0.1) is 25.2 Å². The summed E-state index contributed by atoms with van der Waals surface area (Å²) in [5, 5.41) is 23.7. The van der Waals surface area contributed by atoms with Crippen molar-refractivity contribution in [1.82, 2.24) is 5.32 Å². The van der Waals surface area contributed by atoms with Crippen LogP contribution in [0.1, 0.15) is 278 Å². The molecule has 0 aliphatic rings. The second-order valence-electron chi connectivity index (χ2n) is 17.9. The molecule has 0 heterocycles. The Bertz CT molecular complexity index is 935. The fraction of sp³-hybridized carbons (Fsp3) is 0.887. The van der Waals surface area contributed by atoms with Gasteiger partial charge in [-0.15, -0.1) is 0 Å². The van der Waals surface area contributed by atoms with Crippen LogP contribution in [-0.2, 0) is 14.3 Å². The molecule has 0 aromatic rings. The summed E-state index contributed by atoms with van der Waals surface area (Å²) in [6, 6.07) is -0.701. The van der Waals surface area contributed by atoms with E-state index in [1.807, 2.05) is 0 Å². The first kappa shape index (κ1) is 57.3. The van der Waals surface area contributed by atoms with Crippen molar-refractivity contribution in [2.75, 3.05) is 6.61 Å². The molecule has 0 aliphatic heterocycles. The average Bonchev–Trinajstić information content (AvgIpc) is 3.23. The Hall–Kier alpha value is -1.66. The zero-order valence-electron chi connectivity index (χ0n) is 39.7. The molecule has 1 amide bonds. The minimum Gasteiger partial charge on any atom is -0.462 e. The molecule has 6 nitrogen and oxygen atoms in total. The second kappa shape index (κ2) is 47.4. The first-order chi connectivity index (χ1) is 29.0. The predicted molar refractivity (Wildman–Crippen MR) is 255 cm³/mol. The minimum atomic E-state index is -0.787. The van der Waals surface area contributed by atoms with Crippen molar-refractivity contribution in [2.24, 2.45) is 0 Å². The first-order valence-electron chi connectivity index (χ1n) is 26.1. The van der Waals surface area contributed by atoms with Crippen molar-refractivity contribution in [3.8, 4) is 0 Å². The van der Waals surface area contributed by atoms with Gasteiger partial charge in [0.25, 0.3) is 0 Å². The highest BCUT2D eigenvalue weighted by molar-refractivity contribution is 5.77. The van der Waals surface area contributed by atoms with Gasteiger partial charge >= 0.3 is 5.97 Å². The average molecular weight is 832 g/mol. The van der Waals surface area contributed by atoms with E-state index >= 15 is 0 Å². The summed E-state index contributed by atoms with van der Waals surface area (Å²) in [6.07, 6.45) is 54.0. The van der Waals surface area contributed by atoms with Crippen LogP contribution < -0.4 is 5.32 Å². The molecule has 0 radical (unpaired) electrons. The molecule has 3 atom stereocenters. The highest BCUT2D eigenvalue weighted by Crippen LogP contribution is 2.18. The van der Waals surface area contributed by atoms with E-state index in [0.29, 0.717) is 19.3 Å². The molecule has 348 valence electrons. The van der Waals surface area contributed by atoms with Gasteiger partial charge in [-0.25, -0.2) is 0 Å². The van der Waals surface area contributed by atoms with E-state index in [2.05, 4.69) is 50.4 Å². The maximum absolute atomic E-state index is 13.1. The zero-order chi connectivity index (χ0) is 43.1. The third kappa shape index (κ3) is 42.8. The summed E-state index contributed by atoms with van der Waals surface area (Å²) in [5.41, 5.74) is 0. The Kier molecular flexibility index (Phi) is 46.1. The van der Waals surface area contributed by atoms with Crippen molar-refractivity contribution in [1.29, 1.82) is 0 Å². The topological polar surface area (TPSA) is 95.9 Å². The van der Waals surface area contributed by atoms with Crippen molar-refractivity contribution >= 4 is 11.9 Å². The van der Waals surface area contributed by atoms with E-state index in [1.54, 1.807) is 0 Å². The Labute approximate surface area is 367 Å². The van der Waals surface area contributed by atoms with Crippen molar-refractivity contribution in [3.63, 3.8) is 0 Å². The molecular formula is C53H101NO5. The Morgan fingerprint density at radius 1 is 0.475 bits per heavy atom. The van der Waals surface area contributed by atoms with Crippen LogP contribution in [0.15, 0.2) is 24.3 Å². The quantitative estimate of drug-likeness (QED) is 0.0322. The molecule has 0 saturated carbocycles. The fourth-order valence-corrected chi connectivity index (χ4v) is 8.02. The van der Waals surface area contributed by atoms with Gasteiger partial charge in [-0.05, 0) is 70.6 Å². The minimum absolute atomic E-state index is 0.0690. The molecule has 0 aliphatic carbocycles. The number of hydrogen-bond donors (Lipinski definition) is 3. The lowest BCUT2D eigenvalue weighted by molar-refractivity contribution is -0.151. The normalized spacial score (nSPS) is 13.4. The van der Waals surface area contributed by atoms with Crippen LogP contribution in [0.4, 0.5) is 0 Å². The Morgan fingerprint density at radius 3 is 1.29 bits per heavy atom. The fourth-order valence-electron chi connectivity index (χ4n) is 8.02. The number of aliphatic hydroxyl groups excluding tert-OH is 2. The second-order valence-corrected chi connectivity index (χ2v) is 17.9. The highest BCUT2D eigenvalue weighted by Gasteiger charge is 2.24.